The van der Waals surface area contributed by atoms with Crippen molar-refractivity contribution in [2.75, 3.05) is 5.73 Å². The van der Waals surface area contributed by atoms with Gasteiger partial charge in [-0.1, -0.05) is 30.9 Å². The fourth-order valence-corrected chi connectivity index (χ4v) is 2.82. The van der Waals surface area contributed by atoms with Gasteiger partial charge in [0.05, 0.1) is 5.56 Å². The van der Waals surface area contributed by atoms with Gasteiger partial charge in [-0.25, -0.2) is 0 Å². The van der Waals surface area contributed by atoms with Crippen LogP contribution >= 0.6 is 11.6 Å². The van der Waals surface area contributed by atoms with Gasteiger partial charge in [0, 0.05) is 10.7 Å². The molecule has 0 saturated heterocycles. The maximum Gasteiger partial charge on any atom is 0.250 e. The second-order valence-corrected chi connectivity index (χ2v) is 5.09. The Bertz CT molecular complexity index is 439. The topological polar surface area (TPSA) is 69.1 Å². The Labute approximate surface area is 106 Å². The summed E-state index contributed by atoms with van der Waals surface area (Å²) in [6.07, 6.45) is 5.93. The molecular weight excluding hydrogens is 236 g/mol. The van der Waals surface area contributed by atoms with Crippen molar-refractivity contribution in [2.24, 2.45) is 5.73 Å². The first-order chi connectivity index (χ1) is 8.09. The molecule has 1 aromatic rings. The number of halogens is 1. The lowest BCUT2D eigenvalue weighted by molar-refractivity contribution is 0.100. The third-order valence-electron chi connectivity index (χ3n) is 3.49. The van der Waals surface area contributed by atoms with Crippen LogP contribution in [-0.2, 0) is 0 Å². The number of benzene rings is 1. The van der Waals surface area contributed by atoms with Gasteiger partial charge in [0.1, 0.15) is 0 Å². The number of rotatable bonds is 2. The average Bonchev–Trinajstić information content (AvgIpc) is 2.32. The highest BCUT2D eigenvalue weighted by molar-refractivity contribution is 6.31. The van der Waals surface area contributed by atoms with Crippen molar-refractivity contribution in [3.8, 4) is 0 Å². The molecule has 4 N–H and O–H groups in total. The second-order valence-electron chi connectivity index (χ2n) is 4.66. The number of hydrogen-bond acceptors (Lipinski definition) is 2. The maximum atomic E-state index is 11.3. The quantitative estimate of drug-likeness (QED) is 0.795. The highest BCUT2D eigenvalue weighted by Gasteiger charge is 2.21. The summed E-state index contributed by atoms with van der Waals surface area (Å²) in [7, 11) is 0. The molecule has 1 saturated carbocycles. The molecule has 0 heterocycles. The summed E-state index contributed by atoms with van der Waals surface area (Å²) in [5.41, 5.74) is 13.2. The van der Waals surface area contributed by atoms with E-state index in [9.17, 15) is 4.79 Å². The van der Waals surface area contributed by atoms with Gasteiger partial charge in [-0.15, -0.1) is 0 Å². The van der Waals surface area contributed by atoms with Crippen LogP contribution in [0, 0.1) is 0 Å². The smallest absolute Gasteiger partial charge is 0.250 e. The van der Waals surface area contributed by atoms with Gasteiger partial charge in [0.15, 0.2) is 0 Å². The van der Waals surface area contributed by atoms with Crippen LogP contribution in [0.3, 0.4) is 0 Å². The van der Waals surface area contributed by atoms with E-state index in [0.29, 0.717) is 22.2 Å². The summed E-state index contributed by atoms with van der Waals surface area (Å²) < 4.78 is 0. The molecule has 1 aromatic carbocycles. The predicted octanol–water partition coefficient (Wildman–Crippen LogP) is 3.07. The zero-order valence-corrected chi connectivity index (χ0v) is 10.5. The standard InChI is InChI=1S/C13H17ClN2O/c14-9-6-10(8-4-2-1-3-5-8)12(15)11(7-9)13(16)17/h6-8H,1-5,15H2,(H2,16,17). The van der Waals surface area contributed by atoms with E-state index in [1.54, 1.807) is 6.07 Å². The van der Waals surface area contributed by atoms with Gasteiger partial charge in [-0.3, -0.25) is 4.79 Å². The van der Waals surface area contributed by atoms with Crippen molar-refractivity contribution in [3.05, 3.63) is 28.3 Å². The number of anilines is 1. The molecule has 0 bridgehead atoms. The zero-order chi connectivity index (χ0) is 12.4. The average molecular weight is 253 g/mol. The number of hydrogen-bond donors (Lipinski definition) is 2. The minimum absolute atomic E-state index is 0.345. The number of nitrogen functional groups attached to an aromatic ring is 1. The lowest BCUT2D eigenvalue weighted by Gasteiger charge is -2.24. The Kier molecular flexibility index (Phi) is 3.57. The normalized spacial score (nSPS) is 17.0. The van der Waals surface area contributed by atoms with Crippen LogP contribution in [0.25, 0.3) is 0 Å². The van der Waals surface area contributed by atoms with Crippen LogP contribution in [0.2, 0.25) is 5.02 Å². The third kappa shape index (κ3) is 2.55. The lowest BCUT2D eigenvalue weighted by Crippen LogP contribution is -2.16. The van der Waals surface area contributed by atoms with Gasteiger partial charge in [-0.05, 0) is 36.5 Å². The summed E-state index contributed by atoms with van der Waals surface area (Å²) >= 11 is 6.02. The van der Waals surface area contributed by atoms with Crippen molar-refractivity contribution in [1.82, 2.24) is 0 Å². The van der Waals surface area contributed by atoms with Crippen LogP contribution in [0.4, 0.5) is 5.69 Å². The van der Waals surface area contributed by atoms with Gasteiger partial charge in [0.2, 0.25) is 0 Å². The highest BCUT2D eigenvalue weighted by Crippen LogP contribution is 2.38. The number of nitrogens with two attached hydrogens (primary N) is 2. The maximum absolute atomic E-state index is 11.3. The molecule has 0 atom stereocenters. The predicted molar refractivity (Wildman–Crippen MR) is 70.2 cm³/mol. The van der Waals surface area contributed by atoms with Crippen molar-refractivity contribution in [3.63, 3.8) is 0 Å². The first kappa shape index (κ1) is 12.2. The molecule has 0 unspecified atom stereocenters. The Balaban J connectivity index is 2.41. The van der Waals surface area contributed by atoms with Crippen LogP contribution in [0.1, 0.15) is 53.9 Å². The molecule has 1 aliphatic rings. The second kappa shape index (κ2) is 4.96. The minimum atomic E-state index is -0.512. The Morgan fingerprint density at radius 2 is 1.88 bits per heavy atom. The molecule has 1 fully saturated rings. The summed E-state index contributed by atoms with van der Waals surface area (Å²) in [5, 5.41) is 0.536. The van der Waals surface area contributed by atoms with Gasteiger partial charge < -0.3 is 11.5 Å². The van der Waals surface area contributed by atoms with Gasteiger partial charge in [-0.2, -0.15) is 0 Å². The molecule has 17 heavy (non-hydrogen) atoms. The van der Waals surface area contributed by atoms with Crippen LogP contribution in [-0.4, -0.2) is 5.91 Å². The lowest BCUT2D eigenvalue weighted by atomic mass is 9.82. The number of carbonyl (C=O) groups excluding carboxylic acids is 1. The molecule has 1 aliphatic carbocycles. The molecule has 0 aliphatic heterocycles. The highest BCUT2D eigenvalue weighted by atomic mass is 35.5. The number of carbonyl (C=O) groups is 1. The van der Waals surface area contributed by atoms with E-state index in [-0.39, 0.29) is 0 Å². The van der Waals surface area contributed by atoms with Crippen LogP contribution in [0.15, 0.2) is 12.1 Å². The molecular formula is C13H17ClN2O. The third-order valence-corrected chi connectivity index (χ3v) is 3.71. The van der Waals surface area contributed by atoms with E-state index in [1.165, 1.54) is 19.3 Å². The minimum Gasteiger partial charge on any atom is -0.398 e. The molecule has 4 heteroatoms. The first-order valence-electron chi connectivity index (χ1n) is 5.98. The monoisotopic (exact) mass is 252 g/mol. The molecule has 0 radical (unpaired) electrons. The fraction of sp³-hybridized carbons (Fsp3) is 0.462. The van der Waals surface area contributed by atoms with Crippen molar-refractivity contribution in [1.29, 1.82) is 0 Å². The SMILES string of the molecule is NC(=O)c1cc(Cl)cc(C2CCCCC2)c1N. The Morgan fingerprint density at radius 3 is 2.47 bits per heavy atom. The molecule has 92 valence electrons. The van der Waals surface area contributed by atoms with E-state index in [0.717, 1.165) is 18.4 Å². The van der Waals surface area contributed by atoms with E-state index < -0.39 is 5.91 Å². The largest absolute Gasteiger partial charge is 0.398 e. The van der Waals surface area contributed by atoms with Crippen molar-refractivity contribution >= 4 is 23.2 Å². The zero-order valence-electron chi connectivity index (χ0n) is 9.71. The molecule has 0 spiro atoms. The Hall–Kier alpha value is -1.22. The van der Waals surface area contributed by atoms with E-state index in [4.69, 9.17) is 23.1 Å². The van der Waals surface area contributed by atoms with Gasteiger partial charge >= 0.3 is 0 Å². The molecule has 1 amide bonds. The van der Waals surface area contributed by atoms with Gasteiger partial charge in [0.25, 0.3) is 5.91 Å². The van der Waals surface area contributed by atoms with E-state index >= 15 is 0 Å². The van der Waals surface area contributed by atoms with E-state index in [1.807, 2.05) is 6.07 Å². The van der Waals surface area contributed by atoms with Crippen molar-refractivity contribution in [2.45, 2.75) is 38.0 Å². The first-order valence-corrected chi connectivity index (χ1v) is 6.36. The molecule has 3 nitrogen and oxygen atoms in total. The van der Waals surface area contributed by atoms with Crippen LogP contribution in [0.5, 0.6) is 0 Å². The Morgan fingerprint density at radius 1 is 1.24 bits per heavy atom. The fourth-order valence-electron chi connectivity index (χ4n) is 2.59. The van der Waals surface area contributed by atoms with E-state index in [2.05, 4.69) is 0 Å². The summed E-state index contributed by atoms with van der Waals surface area (Å²) in [4.78, 5) is 11.3. The van der Waals surface area contributed by atoms with Crippen LogP contribution < -0.4 is 11.5 Å². The molecule has 2 rings (SSSR count). The number of amides is 1. The summed E-state index contributed by atoms with van der Waals surface area (Å²) in [5.74, 6) is -0.0948. The summed E-state index contributed by atoms with van der Waals surface area (Å²) in [6, 6.07) is 3.42. The molecule has 0 aromatic heterocycles. The summed E-state index contributed by atoms with van der Waals surface area (Å²) in [6.45, 7) is 0. The van der Waals surface area contributed by atoms with Crippen molar-refractivity contribution < 1.29 is 4.79 Å². The number of primary amides is 1.